The highest BCUT2D eigenvalue weighted by Crippen LogP contribution is 2.30. The van der Waals surface area contributed by atoms with Gasteiger partial charge in [0, 0.05) is 12.6 Å². The summed E-state index contributed by atoms with van der Waals surface area (Å²) in [4.78, 5) is 10.9. The van der Waals surface area contributed by atoms with Gasteiger partial charge in [-0.25, -0.2) is 4.79 Å². The highest BCUT2D eigenvalue weighted by molar-refractivity contribution is 5.79. The molecule has 1 aliphatic heterocycles. The predicted octanol–water partition coefficient (Wildman–Crippen LogP) is 2.30. The molecule has 1 heterocycles. The van der Waals surface area contributed by atoms with Crippen molar-refractivity contribution in [2.24, 2.45) is 0 Å². The van der Waals surface area contributed by atoms with E-state index in [0.717, 1.165) is 11.3 Å². The molecular weight excluding hydrogens is 268 g/mol. The Labute approximate surface area is 116 Å². The molecule has 0 saturated carbocycles. The van der Waals surface area contributed by atoms with Crippen molar-refractivity contribution in [2.75, 3.05) is 13.7 Å². The quantitative estimate of drug-likeness (QED) is 0.843. The van der Waals surface area contributed by atoms with Gasteiger partial charge in [-0.05, 0) is 24.6 Å². The molecule has 0 spiro atoms. The molecule has 1 saturated heterocycles. The van der Waals surface area contributed by atoms with Crippen LogP contribution in [0.1, 0.15) is 24.9 Å². The molecule has 1 aliphatic rings. The van der Waals surface area contributed by atoms with E-state index in [4.69, 9.17) is 4.74 Å². The Kier molecular flexibility index (Phi) is 4.23. The lowest BCUT2D eigenvalue weighted by Crippen LogP contribution is -2.29. The SMILES string of the molecule is COc1ccc(C(C)NCC2CC(F)(F)C(=O)O2)cc1. The molecule has 20 heavy (non-hydrogen) atoms. The van der Waals surface area contributed by atoms with Crippen LogP contribution in [0.25, 0.3) is 0 Å². The summed E-state index contributed by atoms with van der Waals surface area (Å²) in [6, 6.07) is 7.42. The van der Waals surface area contributed by atoms with Crippen LogP contribution in [0.2, 0.25) is 0 Å². The fraction of sp³-hybridized carbons (Fsp3) is 0.500. The molecule has 2 unspecified atom stereocenters. The van der Waals surface area contributed by atoms with Crippen LogP contribution < -0.4 is 10.1 Å². The molecule has 1 N–H and O–H groups in total. The summed E-state index contributed by atoms with van der Waals surface area (Å²) in [6.45, 7) is 2.12. The molecule has 4 nitrogen and oxygen atoms in total. The second kappa shape index (κ2) is 5.75. The Hall–Kier alpha value is -1.69. The summed E-state index contributed by atoms with van der Waals surface area (Å²) in [5.74, 6) is -4.03. The van der Waals surface area contributed by atoms with Gasteiger partial charge in [0.2, 0.25) is 0 Å². The molecule has 0 aromatic heterocycles. The van der Waals surface area contributed by atoms with E-state index >= 15 is 0 Å². The van der Waals surface area contributed by atoms with E-state index in [1.54, 1.807) is 7.11 Å². The van der Waals surface area contributed by atoms with Gasteiger partial charge in [0.25, 0.3) is 0 Å². The van der Waals surface area contributed by atoms with Crippen molar-refractivity contribution in [1.29, 1.82) is 0 Å². The second-order valence-electron chi connectivity index (χ2n) is 4.84. The van der Waals surface area contributed by atoms with Crippen molar-refractivity contribution in [3.63, 3.8) is 0 Å². The topological polar surface area (TPSA) is 47.6 Å². The average Bonchev–Trinajstić information content (AvgIpc) is 2.69. The number of hydrogen-bond donors (Lipinski definition) is 1. The summed E-state index contributed by atoms with van der Waals surface area (Å²) in [7, 11) is 1.59. The minimum absolute atomic E-state index is 0.0335. The van der Waals surface area contributed by atoms with Gasteiger partial charge in [-0.3, -0.25) is 0 Å². The normalized spacial score (nSPS) is 22.4. The summed E-state index contributed by atoms with van der Waals surface area (Å²) in [5.41, 5.74) is 1.00. The fourth-order valence-corrected chi connectivity index (χ4v) is 2.08. The monoisotopic (exact) mass is 285 g/mol. The van der Waals surface area contributed by atoms with Crippen LogP contribution in [0, 0.1) is 0 Å². The summed E-state index contributed by atoms with van der Waals surface area (Å²) in [5, 5.41) is 3.09. The fourth-order valence-electron chi connectivity index (χ4n) is 2.08. The number of cyclic esters (lactones) is 1. The molecule has 0 aliphatic carbocycles. The highest BCUT2D eigenvalue weighted by Gasteiger charge is 2.50. The molecular formula is C14H17F2NO3. The largest absolute Gasteiger partial charge is 0.497 e. The Bertz CT molecular complexity index is 476. The molecule has 0 bridgehead atoms. The second-order valence-corrected chi connectivity index (χ2v) is 4.84. The van der Waals surface area contributed by atoms with Crippen LogP contribution in [0.4, 0.5) is 8.78 Å². The number of rotatable bonds is 5. The lowest BCUT2D eigenvalue weighted by atomic mass is 10.1. The molecule has 2 atom stereocenters. The Balaban J connectivity index is 1.86. The van der Waals surface area contributed by atoms with Gasteiger partial charge >= 0.3 is 11.9 Å². The zero-order valence-electron chi connectivity index (χ0n) is 11.4. The average molecular weight is 285 g/mol. The highest BCUT2D eigenvalue weighted by atomic mass is 19.3. The molecule has 6 heteroatoms. The van der Waals surface area contributed by atoms with Gasteiger partial charge in [-0.2, -0.15) is 8.78 Å². The first-order valence-electron chi connectivity index (χ1n) is 6.38. The van der Waals surface area contributed by atoms with Gasteiger partial charge in [-0.1, -0.05) is 12.1 Å². The van der Waals surface area contributed by atoms with Crippen LogP contribution >= 0.6 is 0 Å². The number of carbonyl (C=O) groups is 1. The summed E-state index contributed by atoms with van der Waals surface area (Å²) >= 11 is 0. The van der Waals surface area contributed by atoms with Gasteiger partial charge in [0.15, 0.2) is 0 Å². The van der Waals surface area contributed by atoms with E-state index in [1.165, 1.54) is 0 Å². The van der Waals surface area contributed by atoms with E-state index in [9.17, 15) is 13.6 Å². The van der Waals surface area contributed by atoms with Crippen molar-refractivity contribution in [2.45, 2.75) is 31.4 Å². The lowest BCUT2D eigenvalue weighted by Gasteiger charge is -2.17. The number of hydrogen-bond acceptors (Lipinski definition) is 4. The number of alkyl halides is 2. The van der Waals surface area contributed by atoms with E-state index in [-0.39, 0.29) is 12.6 Å². The maximum atomic E-state index is 13.0. The maximum absolute atomic E-state index is 13.0. The lowest BCUT2D eigenvalue weighted by molar-refractivity contribution is -0.159. The van der Waals surface area contributed by atoms with E-state index in [0.29, 0.717) is 0 Å². The zero-order chi connectivity index (χ0) is 14.8. The third-order valence-corrected chi connectivity index (χ3v) is 3.32. The number of nitrogens with one attached hydrogen (secondary N) is 1. The summed E-state index contributed by atoms with van der Waals surface area (Å²) in [6.07, 6.45) is -1.34. The molecule has 1 aromatic rings. The predicted molar refractivity (Wildman–Crippen MR) is 68.9 cm³/mol. The first-order valence-corrected chi connectivity index (χ1v) is 6.38. The molecule has 2 rings (SSSR count). The van der Waals surface area contributed by atoms with Gasteiger partial charge in [0.1, 0.15) is 11.9 Å². The first kappa shape index (κ1) is 14.7. The van der Waals surface area contributed by atoms with Gasteiger partial charge < -0.3 is 14.8 Å². The van der Waals surface area contributed by atoms with E-state index in [1.807, 2.05) is 31.2 Å². The summed E-state index contributed by atoms with van der Waals surface area (Å²) < 4.78 is 35.7. The van der Waals surface area contributed by atoms with Crippen molar-refractivity contribution >= 4 is 5.97 Å². The van der Waals surface area contributed by atoms with Crippen LogP contribution in [0.3, 0.4) is 0 Å². The first-order chi connectivity index (χ1) is 9.42. The van der Waals surface area contributed by atoms with Crippen LogP contribution in [0.5, 0.6) is 5.75 Å². The smallest absolute Gasteiger partial charge is 0.377 e. The number of benzene rings is 1. The van der Waals surface area contributed by atoms with Crippen molar-refractivity contribution in [1.82, 2.24) is 5.32 Å². The molecule has 0 radical (unpaired) electrons. The number of ether oxygens (including phenoxy) is 2. The maximum Gasteiger partial charge on any atom is 0.377 e. The van der Waals surface area contributed by atoms with Crippen molar-refractivity contribution in [3.05, 3.63) is 29.8 Å². The number of esters is 1. The number of carbonyl (C=O) groups excluding carboxylic acids is 1. The Morgan fingerprint density at radius 1 is 1.45 bits per heavy atom. The van der Waals surface area contributed by atoms with Crippen LogP contribution in [0.15, 0.2) is 24.3 Å². The van der Waals surface area contributed by atoms with Gasteiger partial charge in [-0.15, -0.1) is 0 Å². The van der Waals surface area contributed by atoms with Crippen LogP contribution in [-0.2, 0) is 9.53 Å². The minimum atomic E-state index is -3.35. The molecule has 0 amide bonds. The van der Waals surface area contributed by atoms with Crippen LogP contribution in [-0.4, -0.2) is 31.7 Å². The van der Waals surface area contributed by atoms with Crippen molar-refractivity contribution < 1.29 is 23.0 Å². The number of methoxy groups -OCH3 is 1. The Morgan fingerprint density at radius 3 is 2.60 bits per heavy atom. The molecule has 1 aromatic carbocycles. The Morgan fingerprint density at radius 2 is 2.10 bits per heavy atom. The third kappa shape index (κ3) is 3.25. The minimum Gasteiger partial charge on any atom is -0.497 e. The third-order valence-electron chi connectivity index (χ3n) is 3.32. The van der Waals surface area contributed by atoms with Crippen molar-refractivity contribution in [3.8, 4) is 5.75 Å². The molecule has 1 fully saturated rings. The van der Waals surface area contributed by atoms with E-state index in [2.05, 4.69) is 10.1 Å². The molecule has 110 valence electrons. The number of halogens is 2. The van der Waals surface area contributed by atoms with Gasteiger partial charge in [0.05, 0.1) is 13.5 Å². The van der Waals surface area contributed by atoms with E-state index < -0.39 is 24.4 Å². The standard InChI is InChI=1S/C14H17F2NO3/c1-9(10-3-5-11(19-2)6-4-10)17-8-12-7-14(15,16)13(18)20-12/h3-6,9,12,17H,7-8H2,1-2H3. The zero-order valence-corrected chi connectivity index (χ0v) is 11.4.